The van der Waals surface area contributed by atoms with Crippen LogP contribution < -0.4 is 14.8 Å². The molecule has 0 saturated heterocycles. The third-order valence-corrected chi connectivity index (χ3v) is 3.91. The Balaban J connectivity index is 1.83. The number of nitrogens with one attached hydrogen (secondary N) is 1. The zero-order valence-corrected chi connectivity index (χ0v) is 15.7. The standard InChI is InChI=1S/C21H27NO3/c1-14(2)25-19-8-6-18(7-9-19)12-22-21(23)13-24-20-11-15(3)10-16(4)17(20)5/h6-11,14H,12-13H2,1-5H3,(H,22,23). The van der Waals surface area contributed by atoms with Gasteiger partial charge in [0.25, 0.3) is 5.91 Å². The molecule has 0 bridgehead atoms. The fraction of sp³-hybridized carbons (Fsp3) is 0.381. The number of benzene rings is 2. The van der Waals surface area contributed by atoms with Crippen molar-refractivity contribution in [3.63, 3.8) is 0 Å². The maximum Gasteiger partial charge on any atom is 0.258 e. The first kappa shape index (κ1) is 18.8. The summed E-state index contributed by atoms with van der Waals surface area (Å²) in [6.45, 7) is 10.5. The van der Waals surface area contributed by atoms with Crippen molar-refractivity contribution in [3.05, 3.63) is 58.7 Å². The molecule has 2 aromatic carbocycles. The summed E-state index contributed by atoms with van der Waals surface area (Å²) < 4.78 is 11.3. The van der Waals surface area contributed by atoms with Gasteiger partial charge in [-0.1, -0.05) is 18.2 Å². The number of aryl methyl sites for hydroxylation is 2. The van der Waals surface area contributed by atoms with Gasteiger partial charge in [-0.15, -0.1) is 0 Å². The lowest BCUT2D eigenvalue weighted by atomic mass is 10.1. The minimum atomic E-state index is -0.138. The number of rotatable bonds is 7. The predicted octanol–water partition coefficient (Wildman–Crippen LogP) is 4.09. The van der Waals surface area contributed by atoms with Gasteiger partial charge in [0.1, 0.15) is 11.5 Å². The monoisotopic (exact) mass is 341 g/mol. The minimum absolute atomic E-state index is 0.0122. The number of hydrogen-bond donors (Lipinski definition) is 1. The van der Waals surface area contributed by atoms with Crippen molar-refractivity contribution < 1.29 is 14.3 Å². The van der Waals surface area contributed by atoms with Crippen LogP contribution >= 0.6 is 0 Å². The molecular formula is C21H27NO3. The molecule has 0 unspecified atom stereocenters. The van der Waals surface area contributed by atoms with E-state index in [2.05, 4.69) is 11.4 Å². The number of hydrogen-bond acceptors (Lipinski definition) is 3. The molecule has 2 rings (SSSR count). The van der Waals surface area contributed by atoms with Gasteiger partial charge in [0.2, 0.25) is 0 Å². The number of carbonyl (C=O) groups is 1. The highest BCUT2D eigenvalue weighted by molar-refractivity contribution is 5.77. The van der Waals surface area contributed by atoms with Crippen LogP contribution in [0.1, 0.15) is 36.1 Å². The van der Waals surface area contributed by atoms with Crippen molar-refractivity contribution in [2.75, 3.05) is 6.61 Å². The van der Waals surface area contributed by atoms with Crippen LogP contribution in [0.25, 0.3) is 0 Å². The molecule has 0 aliphatic rings. The van der Waals surface area contributed by atoms with Gasteiger partial charge in [0.15, 0.2) is 6.61 Å². The van der Waals surface area contributed by atoms with Crippen LogP contribution in [-0.2, 0) is 11.3 Å². The maximum atomic E-state index is 12.0. The number of ether oxygens (including phenoxy) is 2. The summed E-state index contributed by atoms with van der Waals surface area (Å²) in [5.74, 6) is 1.46. The third kappa shape index (κ3) is 5.82. The number of amides is 1. The molecular weight excluding hydrogens is 314 g/mol. The van der Waals surface area contributed by atoms with Gasteiger partial charge in [-0.2, -0.15) is 0 Å². The molecule has 0 fully saturated rings. The first-order chi connectivity index (χ1) is 11.8. The molecule has 0 spiro atoms. The van der Waals surface area contributed by atoms with Crippen molar-refractivity contribution in [2.45, 2.75) is 47.3 Å². The summed E-state index contributed by atoms with van der Waals surface area (Å²) in [5, 5.41) is 2.87. The molecule has 0 atom stereocenters. The molecule has 0 aliphatic heterocycles. The molecule has 0 aromatic heterocycles. The second kappa shape index (κ2) is 8.56. The summed E-state index contributed by atoms with van der Waals surface area (Å²) >= 11 is 0. The molecule has 4 heteroatoms. The zero-order chi connectivity index (χ0) is 18.4. The van der Waals surface area contributed by atoms with E-state index in [0.717, 1.165) is 28.2 Å². The molecule has 1 N–H and O–H groups in total. The SMILES string of the molecule is Cc1cc(C)c(C)c(OCC(=O)NCc2ccc(OC(C)C)cc2)c1. The highest BCUT2D eigenvalue weighted by Gasteiger charge is 2.07. The van der Waals surface area contributed by atoms with E-state index < -0.39 is 0 Å². The van der Waals surface area contributed by atoms with E-state index in [0.29, 0.717) is 6.54 Å². The van der Waals surface area contributed by atoms with Crippen molar-refractivity contribution in [3.8, 4) is 11.5 Å². The lowest BCUT2D eigenvalue weighted by Crippen LogP contribution is -2.28. The van der Waals surface area contributed by atoms with Gasteiger partial charge in [-0.05, 0) is 75.1 Å². The van der Waals surface area contributed by atoms with Gasteiger partial charge >= 0.3 is 0 Å². The Morgan fingerprint density at radius 3 is 2.40 bits per heavy atom. The second-order valence-electron chi connectivity index (χ2n) is 6.58. The van der Waals surface area contributed by atoms with E-state index in [9.17, 15) is 4.79 Å². The molecule has 0 radical (unpaired) electrons. The Kier molecular flexibility index (Phi) is 6.45. The maximum absolute atomic E-state index is 12.0. The Labute approximate surface area is 150 Å². The Hall–Kier alpha value is -2.49. The third-order valence-electron chi connectivity index (χ3n) is 3.91. The smallest absolute Gasteiger partial charge is 0.258 e. The van der Waals surface area contributed by atoms with Crippen molar-refractivity contribution in [2.24, 2.45) is 0 Å². The highest BCUT2D eigenvalue weighted by atomic mass is 16.5. The average Bonchev–Trinajstić information content (AvgIpc) is 2.55. The predicted molar refractivity (Wildman–Crippen MR) is 100 cm³/mol. The van der Waals surface area contributed by atoms with Crippen LogP contribution in [-0.4, -0.2) is 18.6 Å². The zero-order valence-electron chi connectivity index (χ0n) is 15.7. The molecule has 4 nitrogen and oxygen atoms in total. The minimum Gasteiger partial charge on any atom is -0.491 e. The van der Waals surface area contributed by atoms with E-state index in [-0.39, 0.29) is 18.6 Å². The first-order valence-electron chi connectivity index (χ1n) is 8.58. The van der Waals surface area contributed by atoms with Crippen molar-refractivity contribution in [1.29, 1.82) is 0 Å². The highest BCUT2D eigenvalue weighted by Crippen LogP contribution is 2.23. The molecule has 134 valence electrons. The molecule has 0 aliphatic carbocycles. The van der Waals surface area contributed by atoms with Gasteiger partial charge in [-0.25, -0.2) is 0 Å². The quantitative estimate of drug-likeness (QED) is 0.825. The lowest BCUT2D eigenvalue weighted by molar-refractivity contribution is -0.123. The van der Waals surface area contributed by atoms with Crippen molar-refractivity contribution >= 4 is 5.91 Å². The van der Waals surface area contributed by atoms with E-state index in [1.165, 1.54) is 5.56 Å². The fourth-order valence-electron chi connectivity index (χ4n) is 2.50. The Bertz CT molecular complexity index is 721. The van der Waals surface area contributed by atoms with Crippen LogP contribution in [0, 0.1) is 20.8 Å². The van der Waals surface area contributed by atoms with Gasteiger partial charge in [0, 0.05) is 6.54 Å². The van der Waals surface area contributed by atoms with Gasteiger partial charge < -0.3 is 14.8 Å². The molecule has 1 amide bonds. The number of carbonyl (C=O) groups excluding carboxylic acids is 1. The van der Waals surface area contributed by atoms with Crippen LogP contribution in [0.5, 0.6) is 11.5 Å². The van der Waals surface area contributed by atoms with E-state index in [1.54, 1.807) is 0 Å². The molecule has 2 aromatic rings. The van der Waals surface area contributed by atoms with Crippen molar-refractivity contribution in [1.82, 2.24) is 5.32 Å². The largest absolute Gasteiger partial charge is 0.491 e. The van der Waals surface area contributed by atoms with Crippen LogP contribution in [0.15, 0.2) is 36.4 Å². The molecule has 0 heterocycles. The lowest BCUT2D eigenvalue weighted by Gasteiger charge is -2.13. The fourth-order valence-corrected chi connectivity index (χ4v) is 2.50. The summed E-state index contributed by atoms with van der Waals surface area (Å²) in [6.07, 6.45) is 0.149. The second-order valence-corrected chi connectivity index (χ2v) is 6.58. The van der Waals surface area contributed by atoms with E-state index in [1.807, 2.05) is 65.0 Å². The topological polar surface area (TPSA) is 47.6 Å². The normalized spacial score (nSPS) is 10.6. The summed E-state index contributed by atoms with van der Waals surface area (Å²) in [4.78, 5) is 12.0. The average molecular weight is 341 g/mol. The van der Waals surface area contributed by atoms with E-state index >= 15 is 0 Å². The van der Waals surface area contributed by atoms with Crippen LogP contribution in [0.4, 0.5) is 0 Å². The van der Waals surface area contributed by atoms with Crippen LogP contribution in [0.3, 0.4) is 0 Å². The Morgan fingerprint density at radius 2 is 1.76 bits per heavy atom. The molecule has 0 saturated carbocycles. The first-order valence-corrected chi connectivity index (χ1v) is 8.58. The summed E-state index contributed by atoms with van der Waals surface area (Å²) in [7, 11) is 0. The van der Waals surface area contributed by atoms with Gasteiger partial charge in [0.05, 0.1) is 6.10 Å². The summed E-state index contributed by atoms with van der Waals surface area (Å²) in [5.41, 5.74) is 4.38. The Morgan fingerprint density at radius 1 is 1.08 bits per heavy atom. The van der Waals surface area contributed by atoms with Gasteiger partial charge in [-0.3, -0.25) is 4.79 Å². The summed E-state index contributed by atoms with van der Waals surface area (Å²) in [6, 6.07) is 11.8. The molecule has 25 heavy (non-hydrogen) atoms. The van der Waals surface area contributed by atoms with Crippen LogP contribution in [0.2, 0.25) is 0 Å². The van der Waals surface area contributed by atoms with E-state index in [4.69, 9.17) is 9.47 Å².